The van der Waals surface area contributed by atoms with Crippen LogP contribution in [0.25, 0.3) is 0 Å². The van der Waals surface area contributed by atoms with Crippen LogP contribution in [0.1, 0.15) is 13.3 Å². The topological polar surface area (TPSA) is 0 Å². The fraction of sp³-hybridized carbons (Fsp3) is 0.500. The molecule has 0 aromatic heterocycles. The Morgan fingerprint density at radius 1 is 2.00 bits per heavy atom. The van der Waals surface area contributed by atoms with Crippen LogP contribution >= 0.6 is 0 Å². The highest BCUT2D eigenvalue weighted by Crippen LogP contribution is 1.97. The minimum Gasteiger partial charge on any atom is -0.0986 e. The van der Waals surface area contributed by atoms with E-state index in [1.54, 1.807) is 0 Å². The van der Waals surface area contributed by atoms with Crippen LogP contribution in [-0.2, 0) is 0 Å². The summed E-state index contributed by atoms with van der Waals surface area (Å²) in [6.45, 7) is 9.42. The lowest BCUT2D eigenvalue weighted by Gasteiger charge is -1.85. The summed E-state index contributed by atoms with van der Waals surface area (Å²) in [6, 6.07) is 0. The minimum absolute atomic E-state index is 0.449. The summed E-state index contributed by atoms with van der Waals surface area (Å²) in [5.74, 6) is 0.449. The molecule has 0 heteroatoms. The van der Waals surface area contributed by atoms with E-state index in [9.17, 15) is 0 Å². The molecule has 1 unspecified atom stereocenters. The second kappa shape index (κ2) is 2.83. The van der Waals surface area contributed by atoms with Crippen molar-refractivity contribution in [3.8, 4) is 0 Å². The fourth-order valence-corrected chi connectivity index (χ4v) is 0.167. The Morgan fingerprint density at radius 2 is 2.50 bits per heavy atom. The highest BCUT2D eigenvalue weighted by molar-refractivity contribution is 4.78. The monoisotopic (exact) mass is 83.1 g/mol. The Hall–Kier alpha value is -0.390. The van der Waals surface area contributed by atoms with E-state index in [-0.39, 0.29) is 0 Å². The van der Waals surface area contributed by atoms with Gasteiger partial charge in [0, 0.05) is 0 Å². The molecule has 0 radical (unpaired) electrons. The lowest BCUT2D eigenvalue weighted by molar-refractivity contribution is 0.772. The second-order valence-corrected chi connectivity index (χ2v) is 1.40. The normalized spacial score (nSPS) is 13.5. The van der Waals surface area contributed by atoms with Gasteiger partial charge in [-0.3, -0.25) is 0 Å². The van der Waals surface area contributed by atoms with Crippen LogP contribution in [0, 0.1) is 12.8 Å². The van der Waals surface area contributed by atoms with Crippen molar-refractivity contribution >= 4 is 0 Å². The molecule has 0 saturated heterocycles. The summed E-state index contributed by atoms with van der Waals surface area (Å²) in [5.41, 5.74) is 0. The highest BCUT2D eigenvalue weighted by Gasteiger charge is 1.93. The van der Waals surface area contributed by atoms with Crippen LogP contribution in [0.4, 0.5) is 0 Å². The second-order valence-electron chi connectivity index (χ2n) is 1.40. The van der Waals surface area contributed by atoms with Crippen LogP contribution in [-0.4, -0.2) is 0 Å². The summed E-state index contributed by atoms with van der Waals surface area (Å²) >= 11 is 0. The molecule has 0 aliphatic rings. The standard InChI is InChI=1S/C6H11/c1-4-6(3)5-2/h4,6H,1,3,5H2,2H3/q+1. The van der Waals surface area contributed by atoms with Crippen molar-refractivity contribution in [1.82, 2.24) is 0 Å². The molecule has 34 valence electrons. The first-order valence-electron chi connectivity index (χ1n) is 2.27. The predicted octanol–water partition coefficient (Wildman–Crippen LogP) is 2.03. The average Bonchev–Trinajstić information content (AvgIpc) is 1.65. The van der Waals surface area contributed by atoms with Crippen molar-refractivity contribution in [2.24, 2.45) is 5.92 Å². The summed E-state index contributed by atoms with van der Waals surface area (Å²) in [7, 11) is 0. The lowest BCUT2D eigenvalue weighted by atomic mass is 10.1. The van der Waals surface area contributed by atoms with Gasteiger partial charge in [0.15, 0.2) is 0 Å². The molecule has 6 heavy (non-hydrogen) atoms. The molecule has 0 aliphatic heterocycles. The van der Waals surface area contributed by atoms with Gasteiger partial charge in [0.1, 0.15) is 5.92 Å². The molecular formula is C6H11+. The van der Waals surface area contributed by atoms with Crippen molar-refractivity contribution in [3.05, 3.63) is 19.6 Å². The molecule has 0 bridgehead atoms. The van der Waals surface area contributed by atoms with Crippen molar-refractivity contribution in [3.63, 3.8) is 0 Å². The third-order valence-electron chi connectivity index (χ3n) is 0.858. The van der Waals surface area contributed by atoms with E-state index in [0.717, 1.165) is 6.42 Å². The molecule has 0 fully saturated rings. The molecule has 0 aromatic carbocycles. The maximum Gasteiger partial charge on any atom is 0.113 e. The molecule has 0 saturated carbocycles. The van der Waals surface area contributed by atoms with E-state index in [1.165, 1.54) is 0 Å². The summed E-state index contributed by atoms with van der Waals surface area (Å²) < 4.78 is 0. The Balaban J connectivity index is 2.96. The first-order valence-corrected chi connectivity index (χ1v) is 2.27. The smallest absolute Gasteiger partial charge is 0.0986 e. The molecule has 0 aliphatic carbocycles. The molecule has 1 atom stereocenters. The van der Waals surface area contributed by atoms with Crippen LogP contribution < -0.4 is 0 Å². The van der Waals surface area contributed by atoms with Crippen LogP contribution in [0.3, 0.4) is 0 Å². The van der Waals surface area contributed by atoms with Gasteiger partial charge in [0.2, 0.25) is 0 Å². The zero-order valence-corrected chi connectivity index (χ0v) is 4.28. The van der Waals surface area contributed by atoms with E-state index < -0.39 is 0 Å². The van der Waals surface area contributed by atoms with Gasteiger partial charge in [-0.25, -0.2) is 0 Å². The third-order valence-corrected chi connectivity index (χ3v) is 0.858. The highest BCUT2D eigenvalue weighted by atomic mass is 13.9. The van der Waals surface area contributed by atoms with Crippen molar-refractivity contribution in [2.45, 2.75) is 13.3 Å². The van der Waals surface area contributed by atoms with E-state index in [2.05, 4.69) is 20.4 Å². The third kappa shape index (κ3) is 1.89. The van der Waals surface area contributed by atoms with Crippen LogP contribution in [0.2, 0.25) is 0 Å². The molecule has 0 heterocycles. The molecule has 0 spiro atoms. The maximum absolute atomic E-state index is 3.76. The van der Waals surface area contributed by atoms with Gasteiger partial charge in [-0.2, -0.15) is 0 Å². The van der Waals surface area contributed by atoms with E-state index >= 15 is 0 Å². The Kier molecular flexibility index (Phi) is 2.64. The van der Waals surface area contributed by atoms with E-state index in [0.29, 0.717) is 5.92 Å². The van der Waals surface area contributed by atoms with Crippen LogP contribution in [0.5, 0.6) is 0 Å². The number of rotatable bonds is 2. The predicted molar refractivity (Wildman–Crippen MR) is 29.3 cm³/mol. The number of hydrogen-bond donors (Lipinski definition) is 0. The van der Waals surface area contributed by atoms with Gasteiger partial charge in [0.25, 0.3) is 0 Å². The minimum atomic E-state index is 0.449. The van der Waals surface area contributed by atoms with Gasteiger partial charge in [-0.05, 0) is 12.5 Å². The Labute approximate surface area is 39.9 Å². The first kappa shape index (κ1) is 5.61. The number of hydrogen-bond acceptors (Lipinski definition) is 0. The molecule has 0 N–H and O–H groups in total. The first-order chi connectivity index (χ1) is 2.81. The Morgan fingerprint density at radius 3 is 2.50 bits per heavy atom. The van der Waals surface area contributed by atoms with Gasteiger partial charge in [-0.1, -0.05) is 13.5 Å². The van der Waals surface area contributed by atoms with E-state index in [4.69, 9.17) is 0 Å². The largest absolute Gasteiger partial charge is 0.113 e. The molecule has 0 nitrogen and oxygen atoms in total. The lowest BCUT2D eigenvalue weighted by Crippen LogP contribution is -1.81. The zero-order chi connectivity index (χ0) is 4.99. The molecular weight excluding hydrogens is 72.1 g/mol. The zero-order valence-electron chi connectivity index (χ0n) is 4.28. The summed E-state index contributed by atoms with van der Waals surface area (Å²) in [4.78, 5) is 0. The average molecular weight is 83.2 g/mol. The molecule has 0 aromatic rings. The summed E-state index contributed by atoms with van der Waals surface area (Å²) in [6.07, 6.45) is 2.96. The van der Waals surface area contributed by atoms with E-state index in [1.807, 2.05) is 6.08 Å². The van der Waals surface area contributed by atoms with Gasteiger partial charge >= 0.3 is 0 Å². The molecule has 0 amide bonds. The number of allylic oxidation sites excluding steroid dienone is 1. The van der Waals surface area contributed by atoms with Gasteiger partial charge < -0.3 is 0 Å². The van der Waals surface area contributed by atoms with Crippen LogP contribution in [0.15, 0.2) is 12.7 Å². The quantitative estimate of drug-likeness (QED) is 0.354. The van der Waals surface area contributed by atoms with Crippen molar-refractivity contribution in [2.75, 3.05) is 0 Å². The van der Waals surface area contributed by atoms with Crippen molar-refractivity contribution < 1.29 is 0 Å². The van der Waals surface area contributed by atoms with Gasteiger partial charge in [-0.15, -0.1) is 0 Å². The summed E-state index contributed by atoms with van der Waals surface area (Å²) in [5, 5.41) is 0. The fourth-order valence-electron chi connectivity index (χ4n) is 0.167. The maximum atomic E-state index is 3.76. The Bertz CT molecular complexity index is 37.3. The van der Waals surface area contributed by atoms with Gasteiger partial charge in [0.05, 0.1) is 6.92 Å². The molecule has 0 rings (SSSR count). The van der Waals surface area contributed by atoms with Crippen molar-refractivity contribution in [1.29, 1.82) is 0 Å². The SMILES string of the molecule is C=CC([CH2+])CC.